The number of halogens is 1. The fourth-order valence-corrected chi connectivity index (χ4v) is 4.39. The Hall–Kier alpha value is -1.36. The Balaban J connectivity index is 1.56. The van der Waals surface area contributed by atoms with E-state index in [4.69, 9.17) is 11.6 Å². The Morgan fingerprint density at radius 3 is 2.50 bits per heavy atom. The molecular formula is C21H27ClN2OS. The van der Waals surface area contributed by atoms with Gasteiger partial charge in [0.1, 0.15) is 0 Å². The summed E-state index contributed by atoms with van der Waals surface area (Å²) in [6, 6.07) is 10.1. The summed E-state index contributed by atoms with van der Waals surface area (Å²) in [7, 11) is 0. The average Bonchev–Trinajstić information content (AvgIpc) is 3.16. The molecule has 1 atom stereocenters. The van der Waals surface area contributed by atoms with Crippen molar-refractivity contribution >= 4 is 28.8 Å². The monoisotopic (exact) mass is 390 g/mol. The van der Waals surface area contributed by atoms with Crippen LogP contribution in [0.25, 0.3) is 0 Å². The van der Waals surface area contributed by atoms with E-state index in [0.717, 1.165) is 37.5 Å². The largest absolute Gasteiger partial charge is 0.341 e. The van der Waals surface area contributed by atoms with Gasteiger partial charge in [-0.25, -0.2) is 0 Å². The summed E-state index contributed by atoms with van der Waals surface area (Å²) >= 11 is 7.68. The molecule has 1 amide bonds. The van der Waals surface area contributed by atoms with Crippen LogP contribution in [0.5, 0.6) is 0 Å². The van der Waals surface area contributed by atoms with Crippen LogP contribution < -0.4 is 5.32 Å². The molecule has 140 valence electrons. The number of hydrogen-bond donors (Lipinski definition) is 1. The molecule has 1 unspecified atom stereocenters. The molecule has 0 aliphatic carbocycles. The van der Waals surface area contributed by atoms with Gasteiger partial charge in [0.15, 0.2) is 0 Å². The van der Waals surface area contributed by atoms with Gasteiger partial charge in [0.25, 0.3) is 0 Å². The van der Waals surface area contributed by atoms with Gasteiger partial charge in [0, 0.05) is 24.7 Å². The van der Waals surface area contributed by atoms with Crippen LogP contribution in [0.1, 0.15) is 43.7 Å². The third-order valence-electron chi connectivity index (χ3n) is 5.19. The lowest BCUT2D eigenvalue weighted by molar-refractivity contribution is -0.135. The van der Waals surface area contributed by atoms with E-state index in [0.29, 0.717) is 5.92 Å². The summed E-state index contributed by atoms with van der Waals surface area (Å²) in [5.74, 6) is 1.03. The number of likely N-dealkylation sites (tertiary alicyclic amines) is 1. The third-order valence-corrected chi connectivity index (χ3v) is 6.17. The number of nitrogens with zero attached hydrogens (tertiary/aromatic N) is 1. The van der Waals surface area contributed by atoms with Crippen LogP contribution in [0.4, 0.5) is 0 Å². The van der Waals surface area contributed by atoms with Gasteiger partial charge in [-0.1, -0.05) is 37.6 Å². The van der Waals surface area contributed by atoms with Crippen LogP contribution in [-0.2, 0) is 11.3 Å². The lowest BCUT2D eigenvalue weighted by Crippen LogP contribution is -2.51. The standard InChI is InChI=1S/C21H27ClN2OS/c1-15(2)20(23-13-16-9-12-26-14-16)21(25)24-10-7-18(8-11-24)17-3-5-19(22)6-4-17/h3-6,9,12,14-15,18,20,23H,7-8,10-11,13H2,1-2H3. The highest BCUT2D eigenvalue weighted by Gasteiger charge is 2.30. The molecule has 1 aliphatic rings. The van der Waals surface area contributed by atoms with Crippen molar-refractivity contribution in [3.8, 4) is 0 Å². The van der Waals surface area contributed by atoms with E-state index in [1.165, 1.54) is 11.1 Å². The summed E-state index contributed by atoms with van der Waals surface area (Å²) < 4.78 is 0. The molecule has 1 aromatic carbocycles. The maximum absolute atomic E-state index is 13.0. The van der Waals surface area contributed by atoms with E-state index in [1.54, 1.807) is 11.3 Å². The molecule has 0 saturated carbocycles. The topological polar surface area (TPSA) is 32.3 Å². The lowest BCUT2D eigenvalue weighted by atomic mass is 9.89. The maximum atomic E-state index is 13.0. The molecule has 1 N–H and O–H groups in total. The first-order valence-corrected chi connectivity index (χ1v) is 10.7. The molecule has 2 heterocycles. The summed E-state index contributed by atoms with van der Waals surface area (Å²) in [6.45, 7) is 6.64. The van der Waals surface area contributed by atoms with Crippen molar-refractivity contribution in [1.82, 2.24) is 10.2 Å². The average molecular weight is 391 g/mol. The Bertz CT molecular complexity index is 691. The quantitative estimate of drug-likeness (QED) is 0.759. The Morgan fingerprint density at radius 1 is 1.23 bits per heavy atom. The molecule has 0 radical (unpaired) electrons. The fraction of sp³-hybridized carbons (Fsp3) is 0.476. The van der Waals surface area contributed by atoms with Crippen molar-refractivity contribution in [3.63, 3.8) is 0 Å². The van der Waals surface area contributed by atoms with E-state index < -0.39 is 0 Å². The van der Waals surface area contributed by atoms with Crippen molar-refractivity contribution < 1.29 is 4.79 Å². The van der Waals surface area contributed by atoms with E-state index in [-0.39, 0.29) is 17.9 Å². The highest BCUT2D eigenvalue weighted by atomic mass is 35.5. The fourth-order valence-electron chi connectivity index (χ4n) is 3.59. The third kappa shape index (κ3) is 4.87. The van der Waals surface area contributed by atoms with E-state index in [9.17, 15) is 4.79 Å². The second-order valence-corrected chi connectivity index (χ2v) is 8.60. The molecule has 1 saturated heterocycles. The normalized spacial score (nSPS) is 16.8. The van der Waals surface area contributed by atoms with Crippen LogP contribution in [0.15, 0.2) is 41.1 Å². The molecule has 2 aromatic rings. The predicted octanol–water partition coefficient (Wildman–Crippen LogP) is 4.92. The molecule has 0 spiro atoms. The number of thiophene rings is 1. The molecule has 1 aliphatic heterocycles. The predicted molar refractivity (Wildman–Crippen MR) is 110 cm³/mol. The van der Waals surface area contributed by atoms with Gasteiger partial charge >= 0.3 is 0 Å². The zero-order valence-electron chi connectivity index (χ0n) is 15.5. The lowest BCUT2D eigenvalue weighted by Gasteiger charge is -2.35. The van der Waals surface area contributed by atoms with Gasteiger partial charge < -0.3 is 10.2 Å². The molecule has 3 nitrogen and oxygen atoms in total. The van der Waals surface area contributed by atoms with Crippen LogP contribution in [0.3, 0.4) is 0 Å². The van der Waals surface area contributed by atoms with Crippen molar-refractivity contribution in [2.24, 2.45) is 5.92 Å². The first kappa shape index (κ1) is 19.4. The van der Waals surface area contributed by atoms with Crippen LogP contribution in [0, 0.1) is 5.92 Å². The molecule has 1 fully saturated rings. The van der Waals surface area contributed by atoms with Crippen LogP contribution >= 0.6 is 22.9 Å². The molecular weight excluding hydrogens is 364 g/mol. The SMILES string of the molecule is CC(C)C(NCc1ccsc1)C(=O)N1CCC(c2ccc(Cl)cc2)CC1. The Kier molecular flexibility index (Phi) is 6.74. The van der Waals surface area contributed by atoms with Gasteiger partial charge in [0.2, 0.25) is 5.91 Å². The van der Waals surface area contributed by atoms with Gasteiger partial charge in [0.05, 0.1) is 6.04 Å². The number of nitrogens with one attached hydrogen (secondary N) is 1. The number of carbonyl (C=O) groups excluding carboxylic acids is 1. The highest BCUT2D eigenvalue weighted by molar-refractivity contribution is 7.07. The molecule has 5 heteroatoms. The minimum absolute atomic E-state index is 0.123. The summed E-state index contributed by atoms with van der Waals surface area (Å²) in [6.07, 6.45) is 2.03. The first-order valence-electron chi connectivity index (χ1n) is 9.33. The number of rotatable bonds is 6. The molecule has 0 bridgehead atoms. The van der Waals surface area contributed by atoms with Gasteiger partial charge in [-0.15, -0.1) is 0 Å². The van der Waals surface area contributed by atoms with E-state index >= 15 is 0 Å². The van der Waals surface area contributed by atoms with Crippen molar-refractivity contribution in [3.05, 3.63) is 57.2 Å². The minimum Gasteiger partial charge on any atom is -0.341 e. The molecule has 3 rings (SSSR count). The summed E-state index contributed by atoms with van der Waals surface area (Å²) in [5, 5.41) is 8.45. The number of benzene rings is 1. The summed E-state index contributed by atoms with van der Waals surface area (Å²) in [4.78, 5) is 15.1. The second-order valence-electron chi connectivity index (χ2n) is 7.39. The Labute approximate surface area is 165 Å². The number of hydrogen-bond acceptors (Lipinski definition) is 3. The zero-order chi connectivity index (χ0) is 18.5. The van der Waals surface area contributed by atoms with E-state index in [2.05, 4.69) is 48.1 Å². The van der Waals surface area contributed by atoms with E-state index in [1.807, 2.05) is 17.0 Å². The van der Waals surface area contributed by atoms with Crippen molar-refractivity contribution in [2.45, 2.75) is 45.2 Å². The number of carbonyl (C=O) groups is 1. The minimum atomic E-state index is -0.123. The highest BCUT2D eigenvalue weighted by Crippen LogP contribution is 2.29. The maximum Gasteiger partial charge on any atom is 0.239 e. The van der Waals surface area contributed by atoms with Gasteiger partial charge in [-0.05, 0) is 64.8 Å². The zero-order valence-corrected chi connectivity index (χ0v) is 17.0. The summed E-state index contributed by atoms with van der Waals surface area (Å²) in [5.41, 5.74) is 2.58. The second kappa shape index (κ2) is 9.03. The van der Waals surface area contributed by atoms with Crippen molar-refractivity contribution in [1.29, 1.82) is 0 Å². The molecule has 1 aromatic heterocycles. The first-order chi connectivity index (χ1) is 12.5. The smallest absolute Gasteiger partial charge is 0.239 e. The van der Waals surface area contributed by atoms with Crippen molar-refractivity contribution in [2.75, 3.05) is 13.1 Å². The number of amides is 1. The molecule has 26 heavy (non-hydrogen) atoms. The van der Waals surface area contributed by atoms with Gasteiger partial charge in [-0.2, -0.15) is 11.3 Å². The Morgan fingerprint density at radius 2 is 1.92 bits per heavy atom. The van der Waals surface area contributed by atoms with Crippen LogP contribution in [-0.4, -0.2) is 29.9 Å². The van der Waals surface area contributed by atoms with Gasteiger partial charge in [-0.3, -0.25) is 4.79 Å². The number of piperidine rings is 1. The van der Waals surface area contributed by atoms with Crippen LogP contribution in [0.2, 0.25) is 5.02 Å².